The molecule has 0 amide bonds. The molecule has 1 aromatic carbocycles. The highest BCUT2D eigenvalue weighted by Crippen LogP contribution is 2.25. The van der Waals surface area contributed by atoms with Crippen LogP contribution in [0, 0.1) is 11.3 Å². The third kappa shape index (κ3) is 1.32. The molecule has 0 saturated heterocycles. The quantitative estimate of drug-likeness (QED) is 0.647. The average Bonchev–Trinajstić information content (AvgIpc) is 2.17. The third-order valence-electron chi connectivity index (χ3n) is 2.59. The van der Waals surface area contributed by atoms with Gasteiger partial charge >= 0.3 is 0 Å². The number of nitrogens with one attached hydrogen (secondary N) is 1. The van der Waals surface area contributed by atoms with Crippen LogP contribution >= 0.6 is 0 Å². The van der Waals surface area contributed by atoms with Crippen LogP contribution < -0.4 is 5.32 Å². The maximum atomic E-state index is 8.93. The van der Waals surface area contributed by atoms with E-state index in [-0.39, 0.29) is 0 Å². The van der Waals surface area contributed by atoms with E-state index in [2.05, 4.69) is 24.4 Å². The molecule has 1 aliphatic rings. The Hall–Kier alpha value is -1.33. The van der Waals surface area contributed by atoms with Gasteiger partial charge in [0.25, 0.3) is 0 Å². The maximum Gasteiger partial charge on any atom is 0.0995 e. The molecular weight excluding hydrogens is 160 g/mol. The monoisotopic (exact) mass is 172 g/mol. The molecule has 0 spiro atoms. The molecule has 0 radical (unpaired) electrons. The molecule has 1 aromatic rings. The van der Waals surface area contributed by atoms with Crippen molar-refractivity contribution in [1.82, 2.24) is 5.32 Å². The van der Waals surface area contributed by atoms with Gasteiger partial charge in [-0.3, -0.25) is 0 Å². The highest BCUT2D eigenvalue weighted by Gasteiger charge is 2.18. The van der Waals surface area contributed by atoms with Crippen LogP contribution in [-0.2, 0) is 6.42 Å². The molecule has 1 atom stereocenters. The second-order valence-electron chi connectivity index (χ2n) is 3.42. The zero-order valence-electron chi connectivity index (χ0n) is 7.67. The lowest BCUT2D eigenvalue weighted by Gasteiger charge is -2.24. The fourth-order valence-electron chi connectivity index (χ4n) is 1.97. The van der Waals surface area contributed by atoms with Crippen molar-refractivity contribution in [1.29, 1.82) is 5.26 Å². The molecule has 1 unspecified atom stereocenters. The van der Waals surface area contributed by atoms with E-state index in [9.17, 15) is 0 Å². The highest BCUT2D eigenvalue weighted by molar-refractivity contribution is 5.45. The molecule has 0 aromatic heterocycles. The summed E-state index contributed by atoms with van der Waals surface area (Å²) in [6.07, 6.45) is 1.04. The van der Waals surface area contributed by atoms with Crippen LogP contribution in [0.25, 0.3) is 0 Å². The van der Waals surface area contributed by atoms with Gasteiger partial charge in [-0.05, 0) is 37.1 Å². The number of benzene rings is 1. The molecule has 66 valence electrons. The van der Waals surface area contributed by atoms with Crippen molar-refractivity contribution in [3.05, 3.63) is 34.9 Å². The Morgan fingerprint density at radius 1 is 1.54 bits per heavy atom. The lowest BCUT2D eigenvalue weighted by molar-refractivity contribution is 0.540. The molecule has 1 heterocycles. The molecule has 13 heavy (non-hydrogen) atoms. The van der Waals surface area contributed by atoms with Gasteiger partial charge in [0, 0.05) is 6.04 Å². The van der Waals surface area contributed by atoms with Crippen LogP contribution in [0.5, 0.6) is 0 Å². The number of fused-ring (bicyclic) bond motifs is 1. The van der Waals surface area contributed by atoms with Crippen molar-refractivity contribution < 1.29 is 0 Å². The Morgan fingerprint density at radius 2 is 2.38 bits per heavy atom. The second kappa shape index (κ2) is 3.20. The number of nitrogens with zero attached hydrogens (tertiary/aromatic N) is 1. The van der Waals surface area contributed by atoms with Crippen LogP contribution in [0.4, 0.5) is 0 Å². The van der Waals surface area contributed by atoms with E-state index in [1.165, 1.54) is 11.1 Å². The fourth-order valence-corrected chi connectivity index (χ4v) is 1.97. The Balaban J connectivity index is 2.58. The summed E-state index contributed by atoms with van der Waals surface area (Å²) in [5, 5.41) is 12.3. The predicted octanol–water partition coefficient (Wildman–Crippen LogP) is 1.76. The molecule has 1 aliphatic heterocycles. The minimum Gasteiger partial charge on any atom is -0.310 e. The lowest BCUT2D eigenvalue weighted by Crippen LogP contribution is -2.28. The fraction of sp³-hybridized carbons (Fsp3) is 0.364. The molecule has 0 saturated carbocycles. The van der Waals surface area contributed by atoms with Gasteiger partial charge in [-0.1, -0.05) is 12.1 Å². The van der Waals surface area contributed by atoms with Crippen LogP contribution in [0.3, 0.4) is 0 Å². The van der Waals surface area contributed by atoms with Gasteiger partial charge in [0.2, 0.25) is 0 Å². The van der Waals surface area contributed by atoms with Crippen LogP contribution in [0.2, 0.25) is 0 Å². The van der Waals surface area contributed by atoms with E-state index in [0.29, 0.717) is 6.04 Å². The summed E-state index contributed by atoms with van der Waals surface area (Å²) in [6.45, 7) is 3.13. The van der Waals surface area contributed by atoms with Gasteiger partial charge in [0.1, 0.15) is 0 Å². The summed E-state index contributed by atoms with van der Waals surface area (Å²) in [5.41, 5.74) is 3.33. The summed E-state index contributed by atoms with van der Waals surface area (Å²) in [7, 11) is 0. The Morgan fingerprint density at radius 3 is 3.15 bits per heavy atom. The van der Waals surface area contributed by atoms with Crippen LogP contribution in [0.15, 0.2) is 18.2 Å². The molecule has 2 rings (SSSR count). The van der Waals surface area contributed by atoms with Gasteiger partial charge in [-0.15, -0.1) is 0 Å². The first-order valence-electron chi connectivity index (χ1n) is 4.58. The van der Waals surface area contributed by atoms with Crippen molar-refractivity contribution in [3.63, 3.8) is 0 Å². The van der Waals surface area contributed by atoms with Gasteiger partial charge in [-0.25, -0.2) is 0 Å². The molecular formula is C11H12N2. The van der Waals surface area contributed by atoms with Gasteiger partial charge in [0.05, 0.1) is 11.6 Å². The van der Waals surface area contributed by atoms with E-state index in [1.807, 2.05) is 12.1 Å². The molecule has 0 fully saturated rings. The van der Waals surface area contributed by atoms with E-state index < -0.39 is 0 Å². The minimum absolute atomic E-state index is 0.319. The maximum absolute atomic E-state index is 8.93. The third-order valence-corrected chi connectivity index (χ3v) is 2.59. The molecule has 0 aliphatic carbocycles. The highest BCUT2D eigenvalue weighted by atomic mass is 14.9. The number of hydrogen-bond donors (Lipinski definition) is 1. The lowest BCUT2D eigenvalue weighted by atomic mass is 9.91. The smallest absolute Gasteiger partial charge is 0.0995 e. The Bertz CT molecular complexity index is 363. The summed E-state index contributed by atoms with van der Waals surface area (Å²) in [5.74, 6) is 0. The topological polar surface area (TPSA) is 35.8 Å². The van der Waals surface area contributed by atoms with E-state index in [1.54, 1.807) is 0 Å². The van der Waals surface area contributed by atoms with Crippen molar-refractivity contribution in [2.75, 3.05) is 6.54 Å². The van der Waals surface area contributed by atoms with Crippen LogP contribution in [-0.4, -0.2) is 6.54 Å². The SMILES string of the molecule is CC1NCCc2cccc(C#N)c21. The van der Waals surface area contributed by atoms with Gasteiger partial charge in [0.15, 0.2) is 0 Å². The van der Waals surface area contributed by atoms with Gasteiger partial charge < -0.3 is 5.32 Å². The zero-order valence-corrected chi connectivity index (χ0v) is 7.67. The summed E-state index contributed by atoms with van der Waals surface area (Å²) < 4.78 is 0. The van der Waals surface area contributed by atoms with Gasteiger partial charge in [-0.2, -0.15) is 5.26 Å². The minimum atomic E-state index is 0.319. The summed E-state index contributed by atoms with van der Waals surface area (Å²) in [6, 6.07) is 8.54. The molecule has 1 N–H and O–H groups in total. The van der Waals surface area contributed by atoms with E-state index in [0.717, 1.165) is 18.5 Å². The molecule has 0 bridgehead atoms. The molecule has 2 nitrogen and oxygen atoms in total. The Kier molecular flexibility index (Phi) is 2.03. The number of rotatable bonds is 0. The standard InChI is InChI=1S/C11H12N2/c1-8-11-9(5-6-13-8)3-2-4-10(11)7-12/h2-4,8,13H,5-6H2,1H3. The number of hydrogen-bond acceptors (Lipinski definition) is 2. The number of nitriles is 1. The first kappa shape index (κ1) is 8.28. The average molecular weight is 172 g/mol. The zero-order chi connectivity index (χ0) is 9.26. The van der Waals surface area contributed by atoms with Crippen molar-refractivity contribution in [2.24, 2.45) is 0 Å². The Labute approximate surface area is 78.2 Å². The normalized spacial score (nSPS) is 20.5. The summed E-state index contributed by atoms with van der Waals surface area (Å²) >= 11 is 0. The van der Waals surface area contributed by atoms with E-state index >= 15 is 0 Å². The summed E-state index contributed by atoms with van der Waals surface area (Å²) in [4.78, 5) is 0. The first-order chi connectivity index (χ1) is 6.33. The van der Waals surface area contributed by atoms with Crippen LogP contribution in [0.1, 0.15) is 29.7 Å². The first-order valence-corrected chi connectivity index (χ1v) is 4.58. The largest absolute Gasteiger partial charge is 0.310 e. The van der Waals surface area contributed by atoms with Crippen molar-refractivity contribution in [3.8, 4) is 6.07 Å². The van der Waals surface area contributed by atoms with Crippen molar-refractivity contribution >= 4 is 0 Å². The van der Waals surface area contributed by atoms with E-state index in [4.69, 9.17) is 5.26 Å². The second-order valence-corrected chi connectivity index (χ2v) is 3.42. The van der Waals surface area contributed by atoms with Crippen molar-refractivity contribution in [2.45, 2.75) is 19.4 Å². The molecule has 2 heteroatoms. The predicted molar refractivity (Wildman–Crippen MR) is 51.3 cm³/mol.